The molecule has 142 valence electrons. The molecule has 2 aromatic carbocycles. The minimum atomic E-state index is -4.22. The van der Waals surface area contributed by atoms with Crippen LogP contribution in [0.3, 0.4) is 0 Å². The molecule has 2 N–H and O–H groups in total. The topological polar surface area (TPSA) is 93.7 Å². The fourth-order valence-electron chi connectivity index (χ4n) is 2.24. The van der Waals surface area contributed by atoms with Crippen LogP contribution in [0.1, 0.15) is 10.4 Å². The zero-order valence-corrected chi connectivity index (χ0v) is 15.4. The number of hydrogen-bond acceptors (Lipinski definition) is 5. The summed E-state index contributed by atoms with van der Waals surface area (Å²) in [6.07, 6.45) is 5.12. The SMILES string of the molecule is C#CCNC(=O)c1cc(S(=O)(=O)Nc2ccccc2F)cc(OC)c1OC. The van der Waals surface area contributed by atoms with E-state index >= 15 is 0 Å². The van der Waals surface area contributed by atoms with Gasteiger partial charge in [0.25, 0.3) is 15.9 Å². The number of para-hydroxylation sites is 1. The maximum atomic E-state index is 13.8. The molecule has 0 saturated carbocycles. The number of benzene rings is 2. The van der Waals surface area contributed by atoms with Gasteiger partial charge in [0.15, 0.2) is 11.5 Å². The zero-order valence-electron chi connectivity index (χ0n) is 14.6. The van der Waals surface area contributed by atoms with Crippen LogP contribution in [0.25, 0.3) is 0 Å². The lowest BCUT2D eigenvalue weighted by atomic mass is 10.1. The molecular formula is C18H17FN2O5S. The van der Waals surface area contributed by atoms with Crippen molar-refractivity contribution in [1.29, 1.82) is 0 Å². The molecule has 0 fully saturated rings. The second-order valence-corrected chi connectivity index (χ2v) is 6.86. The minimum absolute atomic E-state index is 0.0137. The number of carbonyl (C=O) groups is 1. The molecular weight excluding hydrogens is 375 g/mol. The number of sulfonamides is 1. The summed E-state index contributed by atoms with van der Waals surface area (Å²) < 4.78 is 51.6. The molecule has 9 heteroatoms. The Labute approximate surface area is 156 Å². The molecule has 7 nitrogen and oxygen atoms in total. The molecule has 0 heterocycles. The number of ether oxygens (including phenoxy) is 2. The van der Waals surface area contributed by atoms with Gasteiger partial charge in [-0.25, -0.2) is 12.8 Å². The van der Waals surface area contributed by atoms with Gasteiger partial charge >= 0.3 is 0 Å². The summed E-state index contributed by atoms with van der Waals surface area (Å²) in [5, 5.41) is 2.43. The molecule has 0 aromatic heterocycles. The largest absolute Gasteiger partial charge is 0.493 e. The number of rotatable bonds is 7. The van der Waals surface area contributed by atoms with Crippen LogP contribution in [0.5, 0.6) is 11.5 Å². The predicted octanol–water partition coefficient (Wildman–Crippen LogP) is 2.01. The molecule has 0 spiro atoms. The van der Waals surface area contributed by atoms with E-state index in [1.165, 1.54) is 38.5 Å². The monoisotopic (exact) mass is 392 g/mol. The molecule has 0 radical (unpaired) electrons. The molecule has 0 bridgehead atoms. The Balaban J connectivity index is 2.54. The highest BCUT2D eigenvalue weighted by molar-refractivity contribution is 7.92. The Morgan fingerprint density at radius 1 is 1.22 bits per heavy atom. The van der Waals surface area contributed by atoms with Crippen LogP contribution in [-0.4, -0.2) is 35.1 Å². The van der Waals surface area contributed by atoms with E-state index in [-0.39, 0.29) is 34.2 Å². The lowest BCUT2D eigenvalue weighted by Gasteiger charge is -2.15. The van der Waals surface area contributed by atoms with Gasteiger partial charge < -0.3 is 14.8 Å². The number of amides is 1. The second kappa shape index (κ2) is 8.42. The van der Waals surface area contributed by atoms with Crippen molar-refractivity contribution in [3.63, 3.8) is 0 Å². The number of hydrogen-bond donors (Lipinski definition) is 2. The van der Waals surface area contributed by atoms with Crippen molar-refractivity contribution in [2.24, 2.45) is 0 Å². The Bertz CT molecular complexity index is 999. The van der Waals surface area contributed by atoms with Crippen LogP contribution >= 0.6 is 0 Å². The summed E-state index contributed by atoms with van der Waals surface area (Å²) in [5.74, 6) is 0.905. The van der Waals surface area contributed by atoms with E-state index in [1.54, 1.807) is 0 Å². The highest BCUT2D eigenvalue weighted by Crippen LogP contribution is 2.34. The van der Waals surface area contributed by atoms with Crippen molar-refractivity contribution in [3.05, 3.63) is 47.8 Å². The molecule has 0 aliphatic carbocycles. The predicted molar refractivity (Wildman–Crippen MR) is 97.9 cm³/mol. The average Bonchev–Trinajstić information content (AvgIpc) is 2.66. The van der Waals surface area contributed by atoms with Crippen molar-refractivity contribution in [1.82, 2.24) is 5.32 Å². The quantitative estimate of drug-likeness (QED) is 0.703. The van der Waals surface area contributed by atoms with Gasteiger partial charge in [0.05, 0.1) is 36.9 Å². The van der Waals surface area contributed by atoms with Gasteiger partial charge in [-0.05, 0) is 18.2 Å². The second-order valence-electron chi connectivity index (χ2n) is 5.18. The number of anilines is 1. The van der Waals surface area contributed by atoms with Crippen molar-refractivity contribution in [2.75, 3.05) is 25.5 Å². The van der Waals surface area contributed by atoms with Crippen molar-refractivity contribution in [2.45, 2.75) is 4.90 Å². The maximum Gasteiger partial charge on any atom is 0.262 e. The summed E-state index contributed by atoms with van der Waals surface area (Å²) in [5.41, 5.74) is -0.327. The van der Waals surface area contributed by atoms with Crippen LogP contribution in [0, 0.1) is 18.2 Å². The van der Waals surface area contributed by atoms with E-state index in [0.29, 0.717) is 0 Å². The van der Waals surface area contributed by atoms with Crippen LogP contribution in [0.15, 0.2) is 41.3 Å². The molecule has 1 amide bonds. The van der Waals surface area contributed by atoms with Crippen LogP contribution < -0.4 is 19.5 Å². The highest BCUT2D eigenvalue weighted by Gasteiger charge is 2.24. The van der Waals surface area contributed by atoms with Crippen LogP contribution in [-0.2, 0) is 10.0 Å². The van der Waals surface area contributed by atoms with Gasteiger partial charge in [0.2, 0.25) is 0 Å². The molecule has 0 aliphatic rings. The third-order valence-electron chi connectivity index (χ3n) is 3.48. The first-order valence-electron chi connectivity index (χ1n) is 7.59. The summed E-state index contributed by atoms with van der Waals surface area (Å²) >= 11 is 0. The Morgan fingerprint density at radius 2 is 1.93 bits per heavy atom. The number of methoxy groups -OCH3 is 2. The van der Waals surface area contributed by atoms with E-state index in [0.717, 1.165) is 12.1 Å². The lowest BCUT2D eigenvalue weighted by Crippen LogP contribution is -2.25. The smallest absolute Gasteiger partial charge is 0.262 e. The molecule has 2 aromatic rings. The normalized spacial score (nSPS) is 10.6. The third kappa shape index (κ3) is 4.48. The minimum Gasteiger partial charge on any atom is -0.493 e. The summed E-state index contributed by atoms with van der Waals surface area (Å²) in [7, 11) is -1.62. The van der Waals surface area contributed by atoms with Crippen LogP contribution in [0.4, 0.5) is 10.1 Å². The molecule has 0 aliphatic heterocycles. The number of nitrogens with one attached hydrogen (secondary N) is 2. The van der Waals surface area contributed by atoms with E-state index in [1.807, 2.05) is 0 Å². The first-order chi connectivity index (χ1) is 12.8. The zero-order chi connectivity index (χ0) is 20.0. The van der Waals surface area contributed by atoms with Gasteiger partial charge in [-0.2, -0.15) is 0 Å². The van der Waals surface area contributed by atoms with Crippen molar-refractivity contribution >= 4 is 21.6 Å². The lowest BCUT2D eigenvalue weighted by molar-refractivity contribution is 0.0954. The molecule has 0 unspecified atom stereocenters. The van der Waals surface area contributed by atoms with Gasteiger partial charge in [0.1, 0.15) is 5.82 Å². The van der Waals surface area contributed by atoms with Gasteiger partial charge in [-0.15, -0.1) is 6.42 Å². The van der Waals surface area contributed by atoms with E-state index in [9.17, 15) is 17.6 Å². The Hall–Kier alpha value is -3.25. The van der Waals surface area contributed by atoms with E-state index < -0.39 is 21.7 Å². The molecule has 0 saturated heterocycles. The van der Waals surface area contributed by atoms with E-state index in [2.05, 4.69) is 16.0 Å². The number of terminal acetylenes is 1. The molecule has 2 rings (SSSR count). The first-order valence-corrected chi connectivity index (χ1v) is 9.07. The van der Waals surface area contributed by atoms with Gasteiger partial charge in [0, 0.05) is 6.07 Å². The number of carbonyl (C=O) groups excluding carboxylic acids is 1. The number of halogens is 1. The highest BCUT2D eigenvalue weighted by atomic mass is 32.2. The summed E-state index contributed by atoms with van der Waals surface area (Å²) in [6.45, 7) is -0.0608. The summed E-state index contributed by atoms with van der Waals surface area (Å²) in [4.78, 5) is 12.0. The van der Waals surface area contributed by atoms with Gasteiger partial charge in [-0.3, -0.25) is 9.52 Å². The fraction of sp³-hybridized carbons (Fsp3) is 0.167. The van der Waals surface area contributed by atoms with Crippen LogP contribution in [0.2, 0.25) is 0 Å². The Morgan fingerprint density at radius 3 is 2.52 bits per heavy atom. The Kier molecular flexibility index (Phi) is 6.26. The third-order valence-corrected chi connectivity index (χ3v) is 4.82. The maximum absolute atomic E-state index is 13.8. The average molecular weight is 392 g/mol. The van der Waals surface area contributed by atoms with Crippen molar-refractivity contribution < 1.29 is 27.1 Å². The van der Waals surface area contributed by atoms with Gasteiger partial charge in [-0.1, -0.05) is 18.1 Å². The summed E-state index contributed by atoms with van der Waals surface area (Å²) in [6, 6.07) is 7.56. The first kappa shape index (κ1) is 20.1. The fourth-order valence-corrected chi connectivity index (χ4v) is 3.35. The van der Waals surface area contributed by atoms with E-state index in [4.69, 9.17) is 15.9 Å². The standard InChI is InChI=1S/C18H17FN2O5S/c1-4-9-20-18(22)13-10-12(11-16(25-2)17(13)26-3)27(23,24)21-15-8-6-5-7-14(15)19/h1,5-8,10-11,21H,9H2,2-3H3,(H,20,22). The molecule has 0 atom stereocenters. The van der Waals surface area contributed by atoms with Crippen molar-refractivity contribution in [3.8, 4) is 23.8 Å². The molecule has 27 heavy (non-hydrogen) atoms.